The molecule has 20 heavy (non-hydrogen) atoms. The van der Waals surface area contributed by atoms with E-state index < -0.39 is 5.54 Å². The molecular formula is C14H17BrN4O. The maximum atomic E-state index is 6.44. The first-order valence-electron chi connectivity index (χ1n) is 6.81. The molecule has 106 valence electrons. The molecule has 2 aromatic rings. The van der Waals surface area contributed by atoms with Gasteiger partial charge in [-0.25, -0.2) is 0 Å². The van der Waals surface area contributed by atoms with Crippen molar-refractivity contribution in [3.63, 3.8) is 0 Å². The molecule has 0 aromatic carbocycles. The lowest BCUT2D eigenvalue weighted by Gasteiger charge is -2.32. The maximum Gasteiger partial charge on any atom is 0.247 e. The molecule has 2 aromatic heterocycles. The molecule has 3 rings (SSSR count). The van der Waals surface area contributed by atoms with E-state index in [-0.39, 0.29) is 0 Å². The molecule has 0 radical (unpaired) electrons. The van der Waals surface area contributed by atoms with Gasteiger partial charge in [0.15, 0.2) is 0 Å². The van der Waals surface area contributed by atoms with Crippen molar-refractivity contribution in [3.05, 3.63) is 28.8 Å². The zero-order valence-corrected chi connectivity index (χ0v) is 12.9. The van der Waals surface area contributed by atoms with E-state index >= 15 is 0 Å². The quantitative estimate of drug-likeness (QED) is 0.910. The van der Waals surface area contributed by atoms with Gasteiger partial charge in [0.2, 0.25) is 11.7 Å². The van der Waals surface area contributed by atoms with Crippen molar-refractivity contribution in [1.29, 1.82) is 0 Å². The second-order valence-electron chi connectivity index (χ2n) is 5.65. The topological polar surface area (TPSA) is 77.8 Å². The number of pyridine rings is 1. The number of nitrogens with two attached hydrogens (primary N) is 1. The molecule has 0 atom stereocenters. The van der Waals surface area contributed by atoms with Gasteiger partial charge in [-0.2, -0.15) is 4.98 Å². The number of hydrogen-bond acceptors (Lipinski definition) is 5. The second-order valence-corrected chi connectivity index (χ2v) is 6.57. The van der Waals surface area contributed by atoms with Gasteiger partial charge in [-0.1, -0.05) is 12.1 Å². The molecule has 1 saturated carbocycles. The molecule has 1 aliphatic carbocycles. The summed E-state index contributed by atoms with van der Waals surface area (Å²) in [7, 11) is 0. The van der Waals surface area contributed by atoms with Crippen LogP contribution in [0.25, 0.3) is 11.4 Å². The summed E-state index contributed by atoms with van der Waals surface area (Å²) in [6.45, 7) is 2.26. The highest BCUT2D eigenvalue weighted by Gasteiger charge is 2.37. The predicted molar refractivity (Wildman–Crippen MR) is 78.7 cm³/mol. The summed E-state index contributed by atoms with van der Waals surface area (Å²) < 4.78 is 6.29. The third kappa shape index (κ3) is 2.62. The summed E-state index contributed by atoms with van der Waals surface area (Å²) in [6, 6.07) is 1.91. The first-order chi connectivity index (χ1) is 9.57. The predicted octanol–water partition coefficient (Wildman–Crippen LogP) is 3.26. The van der Waals surface area contributed by atoms with Crippen molar-refractivity contribution in [2.45, 2.75) is 38.1 Å². The molecule has 0 aliphatic heterocycles. The zero-order chi connectivity index (χ0) is 14.2. The first-order valence-corrected chi connectivity index (χ1v) is 7.60. The molecule has 0 bridgehead atoms. The Hall–Kier alpha value is -1.27. The fraction of sp³-hybridized carbons (Fsp3) is 0.500. The summed E-state index contributed by atoms with van der Waals surface area (Å²) in [4.78, 5) is 8.59. The Labute approximate surface area is 126 Å². The van der Waals surface area contributed by atoms with Gasteiger partial charge < -0.3 is 10.3 Å². The molecule has 0 unspecified atom stereocenters. The van der Waals surface area contributed by atoms with E-state index in [1.807, 2.05) is 6.07 Å². The van der Waals surface area contributed by atoms with Crippen molar-refractivity contribution >= 4 is 15.9 Å². The minimum absolute atomic E-state index is 0.475. The van der Waals surface area contributed by atoms with E-state index in [4.69, 9.17) is 10.3 Å². The van der Waals surface area contributed by atoms with Crippen LogP contribution in [0.15, 0.2) is 27.5 Å². The number of hydrogen-bond donors (Lipinski definition) is 1. The maximum absolute atomic E-state index is 6.44. The van der Waals surface area contributed by atoms with E-state index in [9.17, 15) is 0 Å². The molecule has 1 fully saturated rings. The van der Waals surface area contributed by atoms with Crippen LogP contribution in [0.5, 0.6) is 0 Å². The average Bonchev–Trinajstić information content (AvgIpc) is 2.93. The third-order valence-electron chi connectivity index (χ3n) is 3.98. The van der Waals surface area contributed by atoms with Crippen molar-refractivity contribution in [2.24, 2.45) is 11.7 Å². The highest BCUT2D eigenvalue weighted by atomic mass is 79.9. The summed E-state index contributed by atoms with van der Waals surface area (Å²) >= 11 is 3.39. The Balaban J connectivity index is 1.87. The molecule has 6 heteroatoms. The molecule has 0 saturated heterocycles. The van der Waals surface area contributed by atoms with Crippen LogP contribution in [0.4, 0.5) is 0 Å². The Morgan fingerprint density at radius 1 is 1.35 bits per heavy atom. The van der Waals surface area contributed by atoms with Gasteiger partial charge in [-0.3, -0.25) is 4.98 Å². The van der Waals surface area contributed by atoms with Crippen LogP contribution < -0.4 is 5.73 Å². The van der Waals surface area contributed by atoms with Crippen LogP contribution in [0.3, 0.4) is 0 Å². The number of aromatic nitrogens is 3. The molecule has 0 amide bonds. The van der Waals surface area contributed by atoms with Gasteiger partial charge in [0.1, 0.15) is 0 Å². The normalized spacial score (nSPS) is 26.6. The monoisotopic (exact) mass is 336 g/mol. The summed E-state index contributed by atoms with van der Waals surface area (Å²) in [5, 5.41) is 4.04. The Bertz CT molecular complexity index is 605. The van der Waals surface area contributed by atoms with Gasteiger partial charge >= 0.3 is 0 Å². The van der Waals surface area contributed by atoms with Gasteiger partial charge in [0.25, 0.3) is 0 Å². The van der Waals surface area contributed by atoms with Gasteiger partial charge in [-0.05, 0) is 53.6 Å². The Morgan fingerprint density at radius 3 is 2.80 bits per heavy atom. The van der Waals surface area contributed by atoms with Crippen LogP contribution in [0.1, 0.15) is 38.5 Å². The number of nitrogens with zero attached hydrogens (tertiary/aromatic N) is 3. The fourth-order valence-electron chi connectivity index (χ4n) is 2.57. The minimum atomic E-state index is -0.475. The minimum Gasteiger partial charge on any atom is -0.337 e. The second kappa shape index (κ2) is 5.26. The molecule has 5 nitrogen and oxygen atoms in total. The zero-order valence-electron chi connectivity index (χ0n) is 11.3. The van der Waals surface area contributed by atoms with Crippen LogP contribution >= 0.6 is 15.9 Å². The van der Waals surface area contributed by atoms with Crippen molar-refractivity contribution < 1.29 is 4.52 Å². The first kappa shape index (κ1) is 13.7. The third-order valence-corrected chi connectivity index (χ3v) is 4.42. The number of rotatable bonds is 2. The molecular weight excluding hydrogens is 320 g/mol. The standard InChI is InChI=1S/C14H17BrN4O/c1-9-2-4-14(16,5-3-9)13-18-12(19-20-13)10-6-11(15)8-17-7-10/h6-9H,2-5,16H2,1H3. The highest BCUT2D eigenvalue weighted by molar-refractivity contribution is 9.10. The van der Waals surface area contributed by atoms with E-state index in [2.05, 4.69) is 38.0 Å². The smallest absolute Gasteiger partial charge is 0.247 e. The van der Waals surface area contributed by atoms with Crippen LogP contribution in [-0.2, 0) is 5.54 Å². The van der Waals surface area contributed by atoms with Crippen LogP contribution in [-0.4, -0.2) is 15.1 Å². The lowest BCUT2D eigenvalue weighted by molar-refractivity contribution is 0.190. The highest BCUT2D eigenvalue weighted by Crippen LogP contribution is 2.37. The average molecular weight is 337 g/mol. The molecule has 2 heterocycles. The van der Waals surface area contributed by atoms with Crippen LogP contribution in [0.2, 0.25) is 0 Å². The SMILES string of the molecule is CC1CCC(N)(c2nc(-c3cncc(Br)c3)no2)CC1. The Kier molecular flexibility index (Phi) is 3.60. The van der Waals surface area contributed by atoms with E-state index in [1.54, 1.807) is 12.4 Å². The van der Waals surface area contributed by atoms with Gasteiger partial charge in [-0.15, -0.1) is 0 Å². The Morgan fingerprint density at radius 2 is 2.10 bits per heavy atom. The largest absolute Gasteiger partial charge is 0.337 e. The van der Waals surface area contributed by atoms with Crippen molar-refractivity contribution in [2.75, 3.05) is 0 Å². The lowest BCUT2D eigenvalue weighted by Crippen LogP contribution is -2.40. The fourth-order valence-corrected chi connectivity index (χ4v) is 2.93. The summed E-state index contributed by atoms with van der Waals surface area (Å²) in [5.41, 5.74) is 6.79. The van der Waals surface area contributed by atoms with Gasteiger partial charge in [0.05, 0.1) is 5.54 Å². The van der Waals surface area contributed by atoms with Crippen molar-refractivity contribution in [3.8, 4) is 11.4 Å². The van der Waals surface area contributed by atoms with Crippen molar-refractivity contribution in [1.82, 2.24) is 15.1 Å². The van der Waals surface area contributed by atoms with Crippen LogP contribution in [0, 0.1) is 5.92 Å². The number of halogens is 1. The van der Waals surface area contributed by atoms with Gasteiger partial charge in [0, 0.05) is 22.4 Å². The molecule has 2 N–H and O–H groups in total. The summed E-state index contributed by atoms with van der Waals surface area (Å²) in [6.07, 6.45) is 7.43. The van der Waals surface area contributed by atoms with E-state index in [0.717, 1.165) is 41.6 Å². The van der Waals surface area contributed by atoms with E-state index in [0.29, 0.717) is 11.7 Å². The summed E-state index contributed by atoms with van der Waals surface area (Å²) in [5.74, 6) is 1.81. The van der Waals surface area contributed by atoms with E-state index in [1.165, 1.54) is 0 Å². The lowest BCUT2D eigenvalue weighted by atomic mass is 9.78. The molecule has 1 aliphatic rings. The molecule has 0 spiro atoms.